The second kappa shape index (κ2) is 6.24. The van der Waals surface area contributed by atoms with Crippen molar-refractivity contribution in [3.05, 3.63) is 0 Å². The van der Waals surface area contributed by atoms with Crippen molar-refractivity contribution in [2.75, 3.05) is 19.6 Å². The summed E-state index contributed by atoms with van der Waals surface area (Å²) >= 11 is 0. The van der Waals surface area contributed by atoms with Crippen LogP contribution in [0.15, 0.2) is 0 Å². The van der Waals surface area contributed by atoms with Crippen molar-refractivity contribution in [3.8, 4) is 0 Å². The van der Waals surface area contributed by atoms with Gasteiger partial charge in [0.05, 0.1) is 5.41 Å². The van der Waals surface area contributed by atoms with E-state index in [0.29, 0.717) is 37.8 Å². The van der Waals surface area contributed by atoms with E-state index >= 15 is 0 Å². The number of nitrogens with zero attached hydrogens (tertiary/aromatic N) is 1. The maximum absolute atomic E-state index is 12.2. The van der Waals surface area contributed by atoms with Crippen LogP contribution in [0.3, 0.4) is 0 Å². The first-order chi connectivity index (χ1) is 9.97. The van der Waals surface area contributed by atoms with Crippen molar-refractivity contribution < 1.29 is 14.7 Å². The van der Waals surface area contributed by atoms with E-state index in [-0.39, 0.29) is 6.03 Å². The number of likely N-dealkylation sites (tertiary alicyclic amines) is 1. The second-order valence-corrected chi connectivity index (χ2v) is 6.79. The van der Waals surface area contributed by atoms with Gasteiger partial charge >= 0.3 is 12.0 Å². The van der Waals surface area contributed by atoms with Gasteiger partial charge in [0.25, 0.3) is 0 Å². The number of carbonyl (C=O) groups is 2. The van der Waals surface area contributed by atoms with E-state index in [9.17, 15) is 14.7 Å². The lowest BCUT2D eigenvalue weighted by Crippen LogP contribution is -2.51. The molecule has 2 rings (SSSR count). The highest BCUT2D eigenvalue weighted by atomic mass is 16.4. The fourth-order valence-electron chi connectivity index (χ4n) is 3.56. The second-order valence-electron chi connectivity index (χ2n) is 6.79. The summed E-state index contributed by atoms with van der Waals surface area (Å²) in [7, 11) is 0. The number of aliphatic carboxylic acids is 1. The molecular weight excluding hydrogens is 268 g/mol. The number of hydrogen-bond acceptors (Lipinski definition) is 2. The summed E-state index contributed by atoms with van der Waals surface area (Å²) in [6.45, 7) is 5.97. The predicted octanol–water partition coefficient (Wildman–Crippen LogP) is 2.85. The summed E-state index contributed by atoms with van der Waals surface area (Å²) in [5.41, 5.74) is -0.310. The summed E-state index contributed by atoms with van der Waals surface area (Å²) in [6.07, 6.45) is 6.56. The molecule has 1 saturated heterocycles. The average Bonchev–Trinajstić information content (AvgIpc) is 2.46. The average molecular weight is 296 g/mol. The Kier molecular flexibility index (Phi) is 4.79. The molecule has 1 saturated carbocycles. The van der Waals surface area contributed by atoms with E-state index in [4.69, 9.17) is 0 Å². The van der Waals surface area contributed by atoms with E-state index in [2.05, 4.69) is 12.2 Å². The summed E-state index contributed by atoms with van der Waals surface area (Å²) in [4.78, 5) is 25.4. The van der Waals surface area contributed by atoms with Crippen LogP contribution in [-0.4, -0.2) is 41.6 Å². The highest BCUT2D eigenvalue weighted by molar-refractivity contribution is 5.77. The first-order valence-electron chi connectivity index (χ1n) is 8.23. The first kappa shape index (κ1) is 16.1. The molecule has 1 aliphatic heterocycles. The van der Waals surface area contributed by atoms with E-state index < -0.39 is 11.4 Å². The molecule has 0 atom stereocenters. The number of carbonyl (C=O) groups excluding carboxylic acids is 1. The Bertz CT molecular complexity index is 391. The Labute approximate surface area is 127 Å². The Hall–Kier alpha value is -1.26. The first-order valence-corrected chi connectivity index (χ1v) is 8.23. The van der Waals surface area contributed by atoms with Gasteiger partial charge in [-0.2, -0.15) is 0 Å². The number of piperidine rings is 1. The van der Waals surface area contributed by atoms with Crippen LogP contribution in [0.4, 0.5) is 4.79 Å². The van der Waals surface area contributed by atoms with Crippen LogP contribution in [-0.2, 0) is 4.79 Å². The van der Waals surface area contributed by atoms with Gasteiger partial charge in [0.15, 0.2) is 0 Å². The highest BCUT2D eigenvalue weighted by Crippen LogP contribution is 2.43. The Balaban J connectivity index is 1.82. The number of carboxylic acid groups (broad SMARTS) is 1. The minimum absolute atomic E-state index is 0.0233. The van der Waals surface area contributed by atoms with Crippen LogP contribution in [0, 0.1) is 10.8 Å². The van der Waals surface area contributed by atoms with Crippen molar-refractivity contribution in [1.29, 1.82) is 0 Å². The van der Waals surface area contributed by atoms with Crippen LogP contribution in [0.2, 0.25) is 0 Å². The van der Waals surface area contributed by atoms with Gasteiger partial charge in [0.2, 0.25) is 0 Å². The molecule has 2 fully saturated rings. The maximum atomic E-state index is 12.2. The molecule has 1 heterocycles. The molecule has 2 N–H and O–H groups in total. The third kappa shape index (κ3) is 3.16. The molecular formula is C16H28N2O3. The monoisotopic (exact) mass is 296 g/mol. The number of hydrogen-bond donors (Lipinski definition) is 2. The molecule has 5 nitrogen and oxygen atoms in total. The number of nitrogens with one attached hydrogen (secondary N) is 1. The molecule has 0 aromatic heterocycles. The highest BCUT2D eigenvalue weighted by Gasteiger charge is 2.41. The number of carboxylic acids is 1. The van der Waals surface area contributed by atoms with E-state index in [1.54, 1.807) is 4.90 Å². The molecule has 0 radical (unpaired) electrons. The van der Waals surface area contributed by atoms with Gasteiger partial charge in [-0.1, -0.05) is 20.3 Å². The maximum Gasteiger partial charge on any atom is 0.317 e. The van der Waals surface area contributed by atoms with E-state index in [0.717, 1.165) is 13.0 Å². The Morgan fingerprint density at radius 3 is 2.10 bits per heavy atom. The molecule has 2 amide bonds. The van der Waals surface area contributed by atoms with Gasteiger partial charge < -0.3 is 15.3 Å². The molecule has 21 heavy (non-hydrogen) atoms. The largest absolute Gasteiger partial charge is 0.481 e. The van der Waals surface area contributed by atoms with Crippen LogP contribution < -0.4 is 5.32 Å². The van der Waals surface area contributed by atoms with Crippen molar-refractivity contribution in [2.45, 2.75) is 58.8 Å². The van der Waals surface area contributed by atoms with Gasteiger partial charge in [-0.05, 0) is 43.9 Å². The molecule has 120 valence electrons. The zero-order chi connectivity index (χ0) is 15.5. The van der Waals surface area contributed by atoms with Gasteiger partial charge in [0.1, 0.15) is 0 Å². The van der Waals surface area contributed by atoms with Crippen LogP contribution in [0.25, 0.3) is 0 Å². The molecule has 0 aromatic carbocycles. The Morgan fingerprint density at radius 1 is 1.10 bits per heavy atom. The van der Waals surface area contributed by atoms with Gasteiger partial charge in [-0.3, -0.25) is 4.79 Å². The number of urea groups is 1. The van der Waals surface area contributed by atoms with Crippen molar-refractivity contribution in [3.63, 3.8) is 0 Å². The van der Waals surface area contributed by atoms with Crippen LogP contribution in [0.1, 0.15) is 58.8 Å². The zero-order valence-corrected chi connectivity index (χ0v) is 13.3. The fourth-order valence-corrected chi connectivity index (χ4v) is 3.56. The molecule has 0 aromatic rings. The molecule has 2 aliphatic rings. The van der Waals surface area contributed by atoms with E-state index in [1.807, 2.05) is 6.92 Å². The smallest absolute Gasteiger partial charge is 0.317 e. The summed E-state index contributed by atoms with van der Waals surface area (Å²) in [5, 5.41) is 12.4. The zero-order valence-electron chi connectivity index (χ0n) is 13.3. The van der Waals surface area contributed by atoms with Gasteiger partial charge in [0, 0.05) is 19.6 Å². The molecule has 0 bridgehead atoms. The third-order valence-electron chi connectivity index (χ3n) is 5.92. The lowest BCUT2D eigenvalue weighted by atomic mass is 9.67. The van der Waals surface area contributed by atoms with Gasteiger partial charge in [-0.25, -0.2) is 4.79 Å². The Morgan fingerprint density at radius 2 is 1.71 bits per heavy atom. The summed E-state index contributed by atoms with van der Waals surface area (Å²) in [5.74, 6) is -0.718. The molecule has 0 unspecified atom stereocenters. The number of amides is 2. The normalized spacial score (nSPS) is 23.2. The SMILES string of the molecule is CCC1(CNC(=O)N2CCC(CC)(C(=O)O)CC2)CCC1. The van der Waals surface area contributed by atoms with Crippen LogP contribution >= 0.6 is 0 Å². The summed E-state index contributed by atoms with van der Waals surface area (Å²) in [6, 6.07) is -0.0233. The van der Waals surface area contributed by atoms with Crippen molar-refractivity contribution in [1.82, 2.24) is 10.2 Å². The van der Waals surface area contributed by atoms with Crippen molar-refractivity contribution >= 4 is 12.0 Å². The minimum atomic E-state index is -0.718. The predicted molar refractivity (Wildman–Crippen MR) is 81.1 cm³/mol. The third-order valence-corrected chi connectivity index (χ3v) is 5.92. The molecule has 5 heteroatoms. The van der Waals surface area contributed by atoms with Crippen LogP contribution in [0.5, 0.6) is 0 Å². The summed E-state index contributed by atoms with van der Waals surface area (Å²) < 4.78 is 0. The van der Waals surface area contributed by atoms with Crippen molar-refractivity contribution in [2.24, 2.45) is 10.8 Å². The quantitative estimate of drug-likeness (QED) is 0.819. The molecule has 0 spiro atoms. The van der Waals surface area contributed by atoms with E-state index in [1.165, 1.54) is 19.3 Å². The lowest BCUT2D eigenvalue weighted by molar-refractivity contribution is -0.151. The standard InChI is InChI=1S/C16H28N2O3/c1-3-15(6-5-7-15)12-17-14(21)18-10-8-16(4-2,9-11-18)13(19)20/h3-12H2,1-2H3,(H,17,21)(H,19,20). The van der Waals surface area contributed by atoms with Gasteiger partial charge in [-0.15, -0.1) is 0 Å². The number of rotatable bonds is 5. The topological polar surface area (TPSA) is 69.6 Å². The lowest BCUT2D eigenvalue weighted by Gasteiger charge is -2.42. The minimum Gasteiger partial charge on any atom is -0.481 e. The molecule has 1 aliphatic carbocycles. The fraction of sp³-hybridized carbons (Fsp3) is 0.875.